The monoisotopic (exact) mass is 451 g/mol. The number of hydrogen-bond acceptors (Lipinski definition) is 3. The van der Waals surface area contributed by atoms with Gasteiger partial charge in [0.2, 0.25) is 5.91 Å². The number of halogens is 4. The molecule has 0 aromatic heterocycles. The number of urea groups is 1. The van der Waals surface area contributed by atoms with Gasteiger partial charge in [0.15, 0.2) is 0 Å². The third-order valence-corrected chi connectivity index (χ3v) is 6.00. The van der Waals surface area contributed by atoms with Crippen LogP contribution in [-0.4, -0.2) is 42.8 Å². The van der Waals surface area contributed by atoms with Crippen molar-refractivity contribution >= 4 is 23.3 Å². The molecule has 2 aromatic rings. The van der Waals surface area contributed by atoms with Gasteiger partial charge in [-0.3, -0.25) is 4.79 Å². The van der Waals surface area contributed by atoms with Gasteiger partial charge in [0.05, 0.1) is 5.41 Å². The molecule has 3 amide bonds. The number of anilines is 2. The number of carbonyl (C=O) groups excluding carboxylic acids is 2. The number of nitrogens with zero attached hydrogens (tertiary/aromatic N) is 2. The lowest BCUT2D eigenvalue weighted by molar-refractivity contribution is -0.274. The van der Waals surface area contributed by atoms with Crippen molar-refractivity contribution in [2.75, 3.05) is 29.9 Å². The number of carbonyl (C=O) groups is 2. The summed E-state index contributed by atoms with van der Waals surface area (Å²) in [5.74, 6) is -0.821. The molecule has 2 aliphatic rings. The number of piperidine rings is 1. The number of nitrogens with one attached hydrogen (secondary N) is 1. The Morgan fingerprint density at radius 3 is 2.12 bits per heavy atom. The van der Waals surface area contributed by atoms with Crippen LogP contribution < -0.4 is 15.0 Å². The summed E-state index contributed by atoms with van der Waals surface area (Å²) in [6, 6.07) is 10.4. The number of alkyl halides is 3. The fourth-order valence-corrected chi connectivity index (χ4v) is 4.23. The second-order valence-electron chi connectivity index (χ2n) is 7.95. The van der Waals surface area contributed by atoms with Gasteiger partial charge in [-0.15, -0.1) is 13.2 Å². The zero-order chi connectivity index (χ0) is 22.9. The quantitative estimate of drug-likeness (QED) is 0.684. The van der Waals surface area contributed by atoms with Gasteiger partial charge < -0.3 is 19.9 Å². The van der Waals surface area contributed by atoms with Crippen molar-refractivity contribution in [3.63, 3.8) is 0 Å². The molecule has 2 fully saturated rings. The van der Waals surface area contributed by atoms with Crippen molar-refractivity contribution in [3.8, 4) is 5.75 Å². The van der Waals surface area contributed by atoms with Crippen LogP contribution in [0, 0.1) is 11.2 Å². The number of hydrogen-bond donors (Lipinski definition) is 1. The molecule has 170 valence electrons. The van der Waals surface area contributed by atoms with Crippen LogP contribution in [0.15, 0.2) is 48.5 Å². The average Bonchev–Trinajstić information content (AvgIpc) is 3.05. The number of amides is 3. The lowest BCUT2D eigenvalue weighted by Gasteiger charge is -2.37. The first kappa shape index (κ1) is 21.9. The summed E-state index contributed by atoms with van der Waals surface area (Å²) in [6.07, 6.45) is -3.17. The molecule has 1 N–H and O–H groups in total. The summed E-state index contributed by atoms with van der Waals surface area (Å²) in [4.78, 5) is 28.8. The Balaban J connectivity index is 1.35. The molecule has 0 unspecified atom stereocenters. The van der Waals surface area contributed by atoms with Gasteiger partial charge in [-0.05, 0) is 67.8 Å². The van der Waals surface area contributed by atoms with Crippen molar-refractivity contribution in [2.45, 2.75) is 25.6 Å². The molecule has 10 heteroatoms. The number of rotatable bonds is 3. The van der Waals surface area contributed by atoms with E-state index in [1.54, 1.807) is 9.80 Å². The molecule has 0 atom stereocenters. The van der Waals surface area contributed by atoms with Crippen molar-refractivity contribution in [1.82, 2.24) is 4.90 Å². The van der Waals surface area contributed by atoms with Crippen molar-refractivity contribution in [3.05, 3.63) is 54.3 Å². The van der Waals surface area contributed by atoms with Crippen LogP contribution in [0.25, 0.3) is 0 Å². The highest BCUT2D eigenvalue weighted by atomic mass is 19.4. The molecule has 0 bridgehead atoms. The van der Waals surface area contributed by atoms with E-state index < -0.39 is 17.6 Å². The maximum Gasteiger partial charge on any atom is 0.573 e. The molecule has 2 aliphatic heterocycles. The zero-order valence-electron chi connectivity index (χ0n) is 17.0. The van der Waals surface area contributed by atoms with Crippen LogP contribution >= 0.6 is 0 Å². The summed E-state index contributed by atoms with van der Waals surface area (Å²) >= 11 is 0. The number of ether oxygens (including phenoxy) is 1. The molecular weight excluding hydrogens is 430 g/mol. The van der Waals surface area contributed by atoms with Gasteiger partial charge in [-0.1, -0.05) is 0 Å². The molecule has 32 heavy (non-hydrogen) atoms. The maximum atomic E-state index is 13.2. The molecule has 6 nitrogen and oxygen atoms in total. The maximum absolute atomic E-state index is 13.2. The predicted octanol–water partition coefficient (Wildman–Crippen LogP) is 4.78. The molecule has 2 heterocycles. The van der Waals surface area contributed by atoms with E-state index in [2.05, 4.69) is 10.1 Å². The summed E-state index contributed by atoms with van der Waals surface area (Å²) in [5, 5.41) is 2.72. The van der Waals surface area contributed by atoms with E-state index in [1.165, 1.54) is 48.5 Å². The molecule has 1 spiro atoms. The van der Waals surface area contributed by atoms with Gasteiger partial charge in [-0.2, -0.15) is 0 Å². The molecule has 0 radical (unpaired) electrons. The fraction of sp³-hybridized carbons (Fsp3) is 0.364. The summed E-state index contributed by atoms with van der Waals surface area (Å²) in [6.45, 7) is 1.25. The standard InChI is InChI=1S/C22H21F4N3O3/c23-15-1-3-16(4-2-15)27-20(31)28-12-9-21(10-13-28)11-14-29(19(21)30)17-5-7-18(8-6-17)32-22(24,25)26/h1-8H,9-14H2,(H,27,31). The van der Waals surface area contributed by atoms with Crippen LogP contribution in [-0.2, 0) is 4.79 Å². The third-order valence-electron chi connectivity index (χ3n) is 6.00. The Kier molecular flexibility index (Phi) is 5.70. The minimum absolute atomic E-state index is 0.0828. The van der Waals surface area contributed by atoms with Crippen LogP contribution in [0.1, 0.15) is 19.3 Å². The SMILES string of the molecule is O=C(Nc1ccc(F)cc1)N1CCC2(CC1)CCN(c1ccc(OC(F)(F)F)cc1)C2=O. The van der Waals surface area contributed by atoms with Crippen LogP contribution in [0.3, 0.4) is 0 Å². The van der Waals surface area contributed by atoms with Gasteiger partial charge in [0.1, 0.15) is 11.6 Å². The predicted molar refractivity (Wildman–Crippen MR) is 109 cm³/mol. The minimum Gasteiger partial charge on any atom is -0.406 e. The molecule has 4 rings (SSSR count). The van der Waals surface area contributed by atoms with E-state index in [-0.39, 0.29) is 17.7 Å². The molecule has 2 aromatic carbocycles. The van der Waals surface area contributed by atoms with Crippen LogP contribution in [0.4, 0.5) is 33.7 Å². The van der Waals surface area contributed by atoms with Crippen LogP contribution in [0.2, 0.25) is 0 Å². The Bertz CT molecular complexity index is 985. The van der Waals surface area contributed by atoms with Gasteiger partial charge in [-0.25, -0.2) is 9.18 Å². The minimum atomic E-state index is -4.77. The first-order chi connectivity index (χ1) is 15.2. The van der Waals surface area contributed by atoms with E-state index >= 15 is 0 Å². The van der Waals surface area contributed by atoms with Gasteiger partial charge in [0, 0.05) is 31.0 Å². The topological polar surface area (TPSA) is 61.9 Å². The smallest absolute Gasteiger partial charge is 0.406 e. The molecule has 0 saturated carbocycles. The van der Waals surface area contributed by atoms with Crippen molar-refractivity contribution in [1.29, 1.82) is 0 Å². The van der Waals surface area contributed by atoms with E-state index in [0.29, 0.717) is 50.3 Å². The second-order valence-corrected chi connectivity index (χ2v) is 7.95. The summed E-state index contributed by atoms with van der Waals surface area (Å²) in [7, 11) is 0. The fourth-order valence-electron chi connectivity index (χ4n) is 4.23. The highest BCUT2D eigenvalue weighted by Gasteiger charge is 2.49. The summed E-state index contributed by atoms with van der Waals surface area (Å²) < 4.78 is 53.9. The highest BCUT2D eigenvalue weighted by Crippen LogP contribution is 2.43. The first-order valence-corrected chi connectivity index (χ1v) is 10.1. The van der Waals surface area contributed by atoms with E-state index in [4.69, 9.17) is 0 Å². The molecule has 2 saturated heterocycles. The Morgan fingerprint density at radius 1 is 0.938 bits per heavy atom. The average molecular weight is 451 g/mol. The van der Waals surface area contributed by atoms with Crippen molar-refractivity contribution in [2.24, 2.45) is 5.41 Å². The van der Waals surface area contributed by atoms with Crippen molar-refractivity contribution < 1.29 is 31.9 Å². The lowest BCUT2D eigenvalue weighted by Crippen LogP contribution is -2.47. The van der Waals surface area contributed by atoms with Gasteiger partial charge in [0.25, 0.3) is 0 Å². The lowest BCUT2D eigenvalue weighted by atomic mass is 9.77. The Hall–Kier alpha value is -3.30. The molecule has 0 aliphatic carbocycles. The number of benzene rings is 2. The summed E-state index contributed by atoms with van der Waals surface area (Å²) in [5.41, 5.74) is 0.406. The third kappa shape index (κ3) is 4.63. The van der Waals surface area contributed by atoms with E-state index in [0.717, 1.165) is 0 Å². The highest BCUT2D eigenvalue weighted by molar-refractivity contribution is 6.00. The molecular formula is C22H21F4N3O3. The Morgan fingerprint density at radius 2 is 1.53 bits per heavy atom. The zero-order valence-corrected chi connectivity index (χ0v) is 17.0. The van der Waals surface area contributed by atoms with E-state index in [1.807, 2.05) is 0 Å². The Labute approximate surface area is 181 Å². The van der Waals surface area contributed by atoms with Gasteiger partial charge >= 0.3 is 12.4 Å². The normalized spacial score (nSPS) is 18.2. The van der Waals surface area contributed by atoms with E-state index in [9.17, 15) is 27.2 Å². The van der Waals surface area contributed by atoms with Crippen LogP contribution in [0.5, 0.6) is 5.75 Å². The first-order valence-electron chi connectivity index (χ1n) is 10.1. The number of likely N-dealkylation sites (tertiary alicyclic amines) is 1. The largest absolute Gasteiger partial charge is 0.573 e. The second kappa shape index (κ2) is 8.33.